The van der Waals surface area contributed by atoms with Gasteiger partial charge in [-0.1, -0.05) is 0 Å². The van der Waals surface area contributed by atoms with Crippen molar-refractivity contribution in [2.24, 2.45) is 0 Å². The lowest BCUT2D eigenvalue weighted by Gasteiger charge is -2.19. The quantitative estimate of drug-likeness (QED) is 0.0697. The van der Waals surface area contributed by atoms with Gasteiger partial charge in [0.25, 0.3) is 11.4 Å². The lowest BCUT2D eigenvalue weighted by molar-refractivity contribution is -0.404. The minimum atomic E-state index is -5.70. The van der Waals surface area contributed by atoms with Crippen molar-refractivity contribution < 1.29 is 81.2 Å². The van der Waals surface area contributed by atoms with Gasteiger partial charge in [0.05, 0.1) is 39.8 Å². The lowest BCUT2D eigenvalue weighted by atomic mass is 10.1. The molecule has 6 atom stereocenters. The van der Waals surface area contributed by atoms with Crippen molar-refractivity contribution in [3.63, 3.8) is 0 Å². The monoisotopic (exact) mass is 736 g/mol. The molecule has 2 unspecified atom stereocenters. The Bertz CT molecular complexity index is 1810. The second-order valence-corrected chi connectivity index (χ2v) is 13.0. The summed E-state index contributed by atoms with van der Waals surface area (Å²) in [5.41, 5.74) is 3.00. The number of anilines is 1. The Labute approximate surface area is 256 Å². The predicted octanol–water partition coefficient (Wildman–Crippen LogP) is -0.512. The van der Waals surface area contributed by atoms with E-state index < -0.39 is 92.2 Å². The number of nitrogens with two attached hydrogens (primary N) is 1. The molecule has 0 saturated carbocycles. The van der Waals surface area contributed by atoms with E-state index in [0.717, 1.165) is 6.33 Å². The molecule has 3 aromatic rings. The van der Waals surface area contributed by atoms with Gasteiger partial charge in [0.2, 0.25) is 0 Å². The average molecular weight is 736 g/mol. The number of nitrogens with zero attached hydrogens (tertiary/aromatic N) is 7. The number of phenolic OH excluding ortho intramolecular Hbond substituents is 1. The summed E-state index contributed by atoms with van der Waals surface area (Å²) < 4.78 is 51.9. The second-order valence-electron chi connectivity index (χ2n) is 8.62. The van der Waals surface area contributed by atoms with E-state index in [2.05, 4.69) is 28.1 Å². The van der Waals surface area contributed by atoms with Gasteiger partial charge in [-0.3, -0.25) is 39.4 Å². The number of benzene rings is 1. The molecule has 2 aromatic heterocycles. The molecule has 0 radical (unpaired) electrons. The van der Waals surface area contributed by atoms with Crippen molar-refractivity contribution in [3.8, 4) is 5.75 Å². The maximum atomic E-state index is 11.8. The maximum Gasteiger partial charge on any atom is 0.490 e. The number of phenols is 1. The minimum Gasteiger partial charge on any atom is -0.497 e. The summed E-state index contributed by atoms with van der Waals surface area (Å²) in [5.74, 6) is -1.17. The molecule has 3 heterocycles. The summed E-state index contributed by atoms with van der Waals surface area (Å²) in [6, 6.07) is 0.894. The first-order chi connectivity index (χ1) is 21.5. The van der Waals surface area contributed by atoms with Crippen LogP contribution in [-0.2, 0) is 31.6 Å². The molecule has 1 aromatic carbocycles. The van der Waals surface area contributed by atoms with Crippen LogP contribution in [0.2, 0.25) is 0 Å². The van der Waals surface area contributed by atoms with Crippen LogP contribution in [0, 0.1) is 30.3 Å². The van der Waals surface area contributed by atoms with E-state index in [1.54, 1.807) is 0 Å². The molecule has 0 spiro atoms. The average Bonchev–Trinajstić information content (AvgIpc) is 3.47. The number of ether oxygens (including phenoxy) is 1. The molecule has 0 bridgehead atoms. The summed E-state index contributed by atoms with van der Waals surface area (Å²) in [6.07, 6.45) is -3.69. The number of hydrogen-bond acceptors (Lipinski definition) is 20. The van der Waals surface area contributed by atoms with Crippen molar-refractivity contribution in [1.82, 2.24) is 19.5 Å². The number of imidazole rings is 1. The number of rotatable bonds is 11. The van der Waals surface area contributed by atoms with Gasteiger partial charge in [-0.25, -0.2) is 28.6 Å². The van der Waals surface area contributed by atoms with Gasteiger partial charge in [0.15, 0.2) is 17.7 Å². The molecule has 0 amide bonds. The number of nitro benzene ring substituents is 3. The molecule has 47 heavy (non-hydrogen) atoms. The fourth-order valence-corrected chi connectivity index (χ4v) is 6.63. The normalized spacial score (nSPS) is 22.1. The van der Waals surface area contributed by atoms with Crippen molar-refractivity contribution in [3.05, 3.63) is 55.1 Å². The smallest absolute Gasteiger partial charge is 0.490 e. The highest BCUT2D eigenvalue weighted by Crippen LogP contribution is 2.66. The molecule has 0 aliphatic carbocycles. The zero-order chi connectivity index (χ0) is 35.6. The van der Waals surface area contributed by atoms with Gasteiger partial charge in [0, 0.05) is 0 Å². The third-order valence-corrected chi connectivity index (χ3v) is 9.28. The Morgan fingerprint density at radius 1 is 0.894 bits per heavy atom. The topological polar surface area (TPSA) is 429 Å². The van der Waals surface area contributed by atoms with Gasteiger partial charge >= 0.3 is 34.8 Å². The highest BCUT2D eigenvalue weighted by Gasteiger charge is 2.47. The van der Waals surface area contributed by atoms with Crippen LogP contribution in [-0.4, -0.2) is 94.1 Å². The number of hydrogen-bond donors (Lipinski definition) is 8. The molecule has 4 rings (SSSR count). The highest BCUT2D eigenvalue weighted by molar-refractivity contribution is 7.66. The van der Waals surface area contributed by atoms with Crippen LogP contribution in [0.3, 0.4) is 0 Å². The number of aromatic hydroxyl groups is 1. The number of aliphatic hydroxyl groups excluding tert-OH is 2. The maximum absolute atomic E-state index is 11.8. The summed E-state index contributed by atoms with van der Waals surface area (Å²) in [5, 5.41) is 60.6. The van der Waals surface area contributed by atoms with Crippen LogP contribution >= 0.6 is 23.5 Å². The SMILES string of the molecule is Nc1ncnc2c1ncn2[C@@H]1O[C@H](COP(=O)(O)OP(=O)(O)OP(=O)(O)O)[C@@H](O)[C@H]1O.O=[N+]([O-])c1cc([N+](=O)[O-])c(O)c([N+](=O)[O-])c1. The van der Waals surface area contributed by atoms with Gasteiger partial charge in [-0.05, 0) is 0 Å². The second kappa shape index (κ2) is 13.9. The predicted molar refractivity (Wildman–Crippen MR) is 144 cm³/mol. The Morgan fingerprint density at radius 3 is 1.98 bits per heavy atom. The summed E-state index contributed by atoms with van der Waals surface area (Å²) in [4.78, 5) is 75.0. The Kier molecular flexibility index (Phi) is 11.1. The molecule has 1 aliphatic rings. The summed E-state index contributed by atoms with van der Waals surface area (Å²) >= 11 is 0. The van der Waals surface area contributed by atoms with E-state index >= 15 is 0 Å². The Morgan fingerprint density at radius 2 is 1.47 bits per heavy atom. The zero-order valence-electron chi connectivity index (χ0n) is 22.3. The van der Waals surface area contributed by atoms with E-state index in [9.17, 15) is 59.1 Å². The minimum absolute atomic E-state index is 0.0426. The van der Waals surface area contributed by atoms with Crippen LogP contribution in [0.5, 0.6) is 5.75 Å². The first kappa shape index (κ1) is 37.3. The molecular formula is C16H19N8O20P3. The van der Waals surface area contributed by atoms with Crippen LogP contribution in [0.1, 0.15) is 6.23 Å². The molecular weight excluding hydrogens is 717 g/mol. The van der Waals surface area contributed by atoms with Crippen LogP contribution in [0.4, 0.5) is 22.9 Å². The molecule has 1 aliphatic heterocycles. The fraction of sp³-hybridized carbons (Fsp3) is 0.312. The van der Waals surface area contributed by atoms with Crippen LogP contribution in [0.25, 0.3) is 11.2 Å². The molecule has 9 N–H and O–H groups in total. The van der Waals surface area contributed by atoms with E-state index in [-0.39, 0.29) is 17.0 Å². The van der Waals surface area contributed by atoms with E-state index in [4.69, 9.17) is 30.3 Å². The molecule has 258 valence electrons. The highest BCUT2D eigenvalue weighted by atomic mass is 31.3. The van der Waals surface area contributed by atoms with Crippen molar-refractivity contribution in [2.75, 3.05) is 12.3 Å². The largest absolute Gasteiger partial charge is 0.497 e. The Balaban J connectivity index is 0.000000316. The first-order valence-electron chi connectivity index (χ1n) is 11.6. The van der Waals surface area contributed by atoms with E-state index in [1.165, 1.54) is 10.9 Å². The van der Waals surface area contributed by atoms with Gasteiger partial charge in [0.1, 0.15) is 30.2 Å². The van der Waals surface area contributed by atoms with E-state index in [0.29, 0.717) is 12.1 Å². The number of aromatic nitrogens is 4. The molecule has 1 saturated heterocycles. The van der Waals surface area contributed by atoms with Gasteiger partial charge in [-0.2, -0.15) is 8.62 Å². The summed E-state index contributed by atoms with van der Waals surface area (Å²) in [7, 11) is -16.7. The molecule has 1 fully saturated rings. The first-order valence-corrected chi connectivity index (χ1v) is 16.1. The van der Waals surface area contributed by atoms with Crippen molar-refractivity contribution in [1.29, 1.82) is 0 Å². The number of nitro groups is 3. The fourth-order valence-electron chi connectivity index (χ4n) is 3.60. The third kappa shape index (κ3) is 9.24. The van der Waals surface area contributed by atoms with Crippen molar-refractivity contribution in [2.45, 2.75) is 24.5 Å². The number of nitrogen functional groups attached to an aromatic ring is 1. The number of aliphatic hydroxyl groups is 2. The molecule has 28 nitrogen and oxygen atoms in total. The van der Waals surface area contributed by atoms with Crippen LogP contribution < -0.4 is 5.73 Å². The number of phosphoric acid groups is 3. The van der Waals surface area contributed by atoms with Crippen molar-refractivity contribution >= 4 is 57.5 Å². The lowest BCUT2D eigenvalue weighted by Crippen LogP contribution is -2.33. The van der Waals surface area contributed by atoms with Crippen LogP contribution in [0.15, 0.2) is 24.8 Å². The molecule has 31 heteroatoms. The van der Waals surface area contributed by atoms with Gasteiger partial charge in [-0.15, -0.1) is 0 Å². The number of non-ortho nitro benzene ring substituents is 1. The number of fused-ring (bicyclic) bond motifs is 1. The van der Waals surface area contributed by atoms with E-state index in [1.807, 2.05) is 0 Å². The Hall–Kier alpha value is -4.14. The standard InChI is InChI=1S/C10H16N5O13P3.C6H3N3O7/c11-8-5-9(13-2-12-8)15(3-14-5)10-7(17)6(16)4(26-10)1-25-30(21,22)28-31(23,24)27-29(18,19)20;10-6-4(8(13)14)1-3(7(11)12)2-5(6)9(15)16/h2-4,6-7,10,16-17H,1H2,(H,21,22)(H,23,24)(H2,11,12,13)(H2,18,19,20);1-2,10H/t4-,6-,7-,10-;/m1./s1. The number of phosphoric ester groups is 1. The summed E-state index contributed by atoms with van der Waals surface area (Å²) in [6.45, 7) is -0.956. The zero-order valence-corrected chi connectivity index (χ0v) is 25.0. The van der Waals surface area contributed by atoms with Gasteiger partial charge < -0.3 is 45.4 Å². The third-order valence-electron chi connectivity index (χ3n) is 5.47.